The maximum Gasteiger partial charge on any atom is 0.219 e. The number of fused-ring (bicyclic) bond motifs is 1. The number of piperidine rings is 1. The van der Waals surface area contributed by atoms with E-state index in [0.29, 0.717) is 5.88 Å². The van der Waals surface area contributed by atoms with Crippen molar-refractivity contribution in [1.29, 1.82) is 0 Å². The van der Waals surface area contributed by atoms with Gasteiger partial charge >= 0.3 is 0 Å². The van der Waals surface area contributed by atoms with E-state index in [1.165, 1.54) is 10.9 Å². The molecule has 0 bridgehead atoms. The van der Waals surface area contributed by atoms with Crippen LogP contribution in [0.3, 0.4) is 0 Å². The maximum atomic E-state index is 9.68. The highest BCUT2D eigenvalue weighted by atomic mass is 16.5. The highest BCUT2D eigenvalue weighted by molar-refractivity contribution is 5.84. The molecule has 0 amide bonds. The third-order valence-electron chi connectivity index (χ3n) is 5.61. The Kier molecular flexibility index (Phi) is 5.17. The minimum atomic E-state index is -0.132. The van der Waals surface area contributed by atoms with Crippen LogP contribution < -0.4 is 4.74 Å². The van der Waals surface area contributed by atoms with Gasteiger partial charge in [-0.2, -0.15) is 5.10 Å². The summed E-state index contributed by atoms with van der Waals surface area (Å²) in [4.78, 5) is 6.81. The number of rotatable bonds is 5. The van der Waals surface area contributed by atoms with E-state index in [0.717, 1.165) is 54.9 Å². The third kappa shape index (κ3) is 4.20. The van der Waals surface area contributed by atoms with Gasteiger partial charge in [0.05, 0.1) is 11.8 Å². The van der Waals surface area contributed by atoms with Crippen molar-refractivity contribution in [3.8, 4) is 22.9 Å². The van der Waals surface area contributed by atoms with Gasteiger partial charge in [0.2, 0.25) is 5.88 Å². The van der Waals surface area contributed by atoms with Crippen molar-refractivity contribution in [2.24, 2.45) is 0 Å². The normalized spacial score (nSPS) is 15.5. The molecule has 0 spiro atoms. The second kappa shape index (κ2) is 8.26. The Morgan fingerprint density at radius 1 is 1.00 bits per heavy atom. The number of likely N-dealkylation sites (tertiary alicyclic amines) is 1. The standard InChI is InChI=1S/C24H24N4O2/c29-21-8-11-28(12-9-21)16-17-1-2-19-14-22(5-3-18(19)13-17)30-24-6-4-20(15-25-24)23-7-10-26-27-23/h1-7,10,13-15,21,29H,8-9,11-12,16H2,(H,26,27). The molecule has 0 radical (unpaired) electrons. The van der Waals surface area contributed by atoms with Crippen LogP contribution in [-0.2, 0) is 6.54 Å². The highest BCUT2D eigenvalue weighted by Crippen LogP contribution is 2.27. The molecular weight excluding hydrogens is 376 g/mol. The summed E-state index contributed by atoms with van der Waals surface area (Å²) in [6, 6.07) is 18.4. The number of nitrogens with zero attached hydrogens (tertiary/aromatic N) is 3. The summed E-state index contributed by atoms with van der Waals surface area (Å²) in [7, 11) is 0. The second-order valence-corrected chi connectivity index (χ2v) is 7.81. The molecule has 0 unspecified atom stereocenters. The number of pyridine rings is 1. The number of hydrogen-bond acceptors (Lipinski definition) is 5. The van der Waals surface area contributed by atoms with Crippen molar-refractivity contribution in [2.75, 3.05) is 13.1 Å². The number of aromatic amines is 1. The lowest BCUT2D eigenvalue weighted by atomic mass is 10.0. The van der Waals surface area contributed by atoms with Crippen LogP contribution in [0.25, 0.3) is 22.0 Å². The van der Waals surface area contributed by atoms with Crippen molar-refractivity contribution in [1.82, 2.24) is 20.1 Å². The average molecular weight is 400 g/mol. The Morgan fingerprint density at radius 2 is 1.83 bits per heavy atom. The molecule has 4 aromatic rings. The molecule has 3 heterocycles. The lowest BCUT2D eigenvalue weighted by Gasteiger charge is -2.29. The van der Waals surface area contributed by atoms with Gasteiger partial charge in [-0.25, -0.2) is 4.98 Å². The SMILES string of the molecule is OC1CCN(Cc2ccc3cc(Oc4ccc(-c5ccn[nH]5)cn4)ccc3c2)CC1. The predicted molar refractivity (Wildman–Crippen MR) is 116 cm³/mol. The summed E-state index contributed by atoms with van der Waals surface area (Å²) in [5, 5.41) is 18.9. The molecule has 30 heavy (non-hydrogen) atoms. The molecule has 1 fully saturated rings. The number of aromatic nitrogens is 3. The van der Waals surface area contributed by atoms with Gasteiger partial charge in [0.1, 0.15) is 5.75 Å². The van der Waals surface area contributed by atoms with Crippen molar-refractivity contribution in [3.05, 3.63) is 72.6 Å². The van der Waals surface area contributed by atoms with Gasteiger partial charge in [0.25, 0.3) is 0 Å². The summed E-state index contributed by atoms with van der Waals surface area (Å²) in [5.41, 5.74) is 3.19. The van der Waals surface area contributed by atoms with Crippen molar-refractivity contribution >= 4 is 10.8 Å². The van der Waals surface area contributed by atoms with Crippen LogP contribution in [0.1, 0.15) is 18.4 Å². The average Bonchev–Trinajstić information content (AvgIpc) is 3.31. The first-order valence-corrected chi connectivity index (χ1v) is 10.3. The molecule has 0 aliphatic carbocycles. The van der Waals surface area contributed by atoms with E-state index in [1.807, 2.05) is 30.3 Å². The molecule has 1 saturated heterocycles. The lowest BCUT2D eigenvalue weighted by molar-refractivity contribution is 0.0792. The van der Waals surface area contributed by atoms with Crippen LogP contribution in [-0.4, -0.2) is 44.4 Å². The Bertz CT molecular complexity index is 1120. The molecule has 0 atom stereocenters. The summed E-state index contributed by atoms with van der Waals surface area (Å²) in [5.74, 6) is 1.32. The molecule has 2 aromatic heterocycles. The summed E-state index contributed by atoms with van der Waals surface area (Å²) in [6.07, 6.45) is 5.09. The number of benzene rings is 2. The van der Waals surface area contributed by atoms with Gasteiger partial charge in [0.15, 0.2) is 0 Å². The highest BCUT2D eigenvalue weighted by Gasteiger charge is 2.17. The number of ether oxygens (including phenoxy) is 1. The fourth-order valence-electron chi connectivity index (χ4n) is 3.91. The fourth-order valence-corrected chi connectivity index (χ4v) is 3.91. The summed E-state index contributed by atoms with van der Waals surface area (Å²) < 4.78 is 5.95. The van der Waals surface area contributed by atoms with E-state index in [1.54, 1.807) is 12.4 Å². The van der Waals surface area contributed by atoms with Crippen LogP contribution in [0, 0.1) is 0 Å². The van der Waals surface area contributed by atoms with Crippen LogP contribution in [0.15, 0.2) is 67.0 Å². The number of nitrogens with one attached hydrogen (secondary N) is 1. The van der Waals surface area contributed by atoms with E-state index in [-0.39, 0.29) is 6.10 Å². The monoisotopic (exact) mass is 400 g/mol. The molecule has 152 valence electrons. The number of hydrogen-bond donors (Lipinski definition) is 2. The first-order chi connectivity index (χ1) is 14.7. The molecule has 1 aliphatic heterocycles. The molecule has 5 rings (SSSR count). The van der Waals surface area contributed by atoms with Crippen molar-refractivity contribution in [3.63, 3.8) is 0 Å². The van der Waals surface area contributed by atoms with Gasteiger partial charge in [-0.15, -0.1) is 0 Å². The smallest absolute Gasteiger partial charge is 0.219 e. The second-order valence-electron chi connectivity index (χ2n) is 7.81. The van der Waals surface area contributed by atoms with Crippen LogP contribution in [0.2, 0.25) is 0 Å². The quantitative estimate of drug-likeness (QED) is 0.520. The number of aliphatic hydroxyl groups excluding tert-OH is 1. The van der Waals surface area contributed by atoms with Gasteiger partial charge < -0.3 is 9.84 Å². The van der Waals surface area contributed by atoms with Gasteiger partial charge in [-0.1, -0.05) is 18.2 Å². The Hall–Kier alpha value is -3.22. The fraction of sp³-hybridized carbons (Fsp3) is 0.250. The molecule has 6 heteroatoms. The van der Waals surface area contributed by atoms with Gasteiger partial charge in [0, 0.05) is 43.7 Å². The zero-order chi connectivity index (χ0) is 20.3. The van der Waals surface area contributed by atoms with Crippen molar-refractivity contribution in [2.45, 2.75) is 25.5 Å². The van der Waals surface area contributed by atoms with Crippen LogP contribution in [0.4, 0.5) is 0 Å². The Morgan fingerprint density at radius 3 is 2.60 bits per heavy atom. The van der Waals surface area contributed by atoms with E-state index in [9.17, 15) is 5.11 Å². The minimum absolute atomic E-state index is 0.132. The minimum Gasteiger partial charge on any atom is -0.439 e. The molecular formula is C24H24N4O2. The topological polar surface area (TPSA) is 74.3 Å². The molecule has 2 aromatic carbocycles. The van der Waals surface area contributed by atoms with E-state index in [4.69, 9.17) is 4.74 Å². The lowest BCUT2D eigenvalue weighted by Crippen LogP contribution is -2.35. The van der Waals surface area contributed by atoms with Gasteiger partial charge in [-0.05, 0) is 59.5 Å². The maximum absolute atomic E-state index is 9.68. The third-order valence-corrected chi connectivity index (χ3v) is 5.61. The van der Waals surface area contributed by atoms with Crippen LogP contribution in [0.5, 0.6) is 11.6 Å². The summed E-state index contributed by atoms with van der Waals surface area (Å²) >= 11 is 0. The van der Waals surface area contributed by atoms with E-state index >= 15 is 0 Å². The molecule has 2 N–H and O–H groups in total. The molecule has 0 saturated carbocycles. The Balaban J connectivity index is 1.28. The van der Waals surface area contributed by atoms with Gasteiger partial charge in [-0.3, -0.25) is 10.00 Å². The van der Waals surface area contributed by atoms with E-state index < -0.39 is 0 Å². The first kappa shape index (κ1) is 18.8. The Labute approximate surface area is 175 Å². The zero-order valence-electron chi connectivity index (χ0n) is 16.7. The van der Waals surface area contributed by atoms with Crippen molar-refractivity contribution < 1.29 is 9.84 Å². The predicted octanol–water partition coefficient (Wildman–Crippen LogP) is 4.37. The molecule has 1 aliphatic rings. The number of aliphatic hydroxyl groups is 1. The molecule has 6 nitrogen and oxygen atoms in total. The largest absolute Gasteiger partial charge is 0.439 e. The first-order valence-electron chi connectivity index (χ1n) is 10.3. The van der Waals surface area contributed by atoms with E-state index in [2.05, 4.69) is 44.3 Å². The summed E-state index contributed by atoms with van der Waals surface area (Å²) in [6.45, 7) is 2.84. The number of H-pyrrole nitrogens is 1. The van der Waals surface area contributed by atoms with Crippen LogP contribution >= 0.6 is 0 Å². The zero-order valence-corrected chi connectivity index (χ0v) is 16.7.